The van der Waals surface area contributed by atoms with Crippen LogP contribution in [0.15, 0.2) is 45.9 Å². The van der Waals surface area contributed by atoms with Crippen molar-refractivity contribution in [2.45, 2.75) is 23.7 Å². The molecule has 2 aromatic rings. The lowest BCUT2D eigenvalue weighted by Crippen LogP contribution is -2.27. The molecule has 1 saturated heterocycles. The second-order valence-corrected chi connectivity index (χ2v) is 8.88. The van der Waals surface area contributed by atoms with Crippen LogP contribution in [-0.2, 0) is 15.8 Å². The Morgan fingerprint density at radius 3 is 2.46 bits per heavy atom. The number of methoxy groups -OCH3 is 1. The Morgan fingerprint density at radius 1 is 1.08 bits per heavy atom. The topological polar surface area (TPSA) is 69.0 Å². The van der Waals surface area contributed by atoms with Gasteiger partial charge in [-0.2, -0.15) is 16.1 Å². The second-order valence-electron chi connectivity index (χ2n) is 5.91. The zero-order valence-corrected chi connectivity index (χ0v) is 16.4. The van der Waals surface area contributed by atoms with Crippen LogP contribution >= 0.6 is 11.8 Å². The number of furan rings is 1. The van der Waals surface area contributed by atoms with Crippen LogP contribution in [0.4, 0.5) is 0 Å². The molecule has 8 heteroatoms. The highest BCUT2D eigenvalue weighted by atomic mass is 32.2. The van der Waals surface area contributed by atoms with Gasteiger partial charge in [-0.25, -0.2) is 8.42 Å². The third kappa shape index (κ3) is 4.75. The van der Waals surface area contributed by atoms with Crippen molar-refractivity contribution in [3.05, 3.63) is 42.2 Å². The number of benzene rings is 1. The summed E-state index contributed by atoms with van der Waals surface area (Å²) in [4.78, 5) is 0. The second kappa shape index (κ2) is 8.83. The van der Waals surface area contributed by atoms with Crippen LogP contribution < -0.4 is 9.47 Å². The molecule has 2 heterocycles. The van der Waals surface area contributed by atoms with Crippen LogP contribution in [0, 0.1) is 0 Å². The van der Waals surface area contributed by atoms with Crippen molar-refractivity contribution in [3.8, 4) is 11.5 Å². The summed E-state index contributed by atoms with van der Waals surface area (Å²) < 4.78 is 42.6. The van der Waals surface area contributed by atoms with Gasteiger partial charge in [0, 0.05) is 18.8 Å². The molecule has 1 aromatic carbocycles. The van der Waals surface area contributed by atoms with Crippen LogP contribution in [-0.4, -0.2) is 45.3 Å². The van der Waals surface area contributed by atoms with Crippen LogP contribution in [0.2, 0.25) is 0 Å². The first-order valence-corrected chi connectivity index (χ1v) is 11.1. The summed E-state index contributed by atoms with van der Waals surface area (Å²) in [5.74, 6) is 3.65. The first-order chi connectivity index (χ1) is 12.6. The molecule has 1 aliphatic rings. The van der Waals surface area contributed by atoms with Gasteiger partial charge in [0.2, 0.25) is 5.09 Å². The fourth-order valence-corrected chi connectivity index (χ4v) is 4.84. The van der Waals surface area contributed by atoms with Crippen molar-refractivity contribution in [1.82, 2.24) is 4.31 Å². The van der Waals surface area contributed by atoms with Crippen molar-refractivity contribution in [3.63, 3.8) is 0 Å². The van der Waals surface area contributed by atoms with Gasteiger partial charge in [-0.15, -0.1) is 0 Å². The van der Waals surface area contributed by atoms with E-state index in [1.807, 2.05) is 24.3 Å². The number of rotatable bonds is 9. The lowest BCUT2D eigenvalue weighted by Gasteiger charge is -2.12. The first kappa shape index (κ1) is 19.1. The highest BCUT2D eigenvalue weighted by Crippen LogP contribution is 2.24. The van der Waals surface area contributed by atoms with Crippen molar-refractivity contribution >= 4 is 21.8 Å². The van der Waals surface area contributed by atoms with E-state index < -0.39 is 10.0 Å². The lowest BCUT2D eigenvalue weighted by molar-refractivity contribution is 0.342. The first-order valence-electron chi connectivity index (χ1n) is 8.53. The molecule has 0 atom stereocenters. The van der Waals surface area contributed by atoms with E-state index in [4.69, 9.17) is 13.9 Å². The fraction of sp³-hybridized carbons (Fsp3) is 0.444. The quantitative estimate of drug-likeness (QED) is 0.604. The van der Waals surface area contributed by atoms with Crippen LogP contribution in [0.1, 0.15) is 18.6 Å². The van der Waals surface area contributed by atoms with Crippen LogP contribution in [0.5, 0.6) is 11.5 Å². The Kier molecular flexibility index (Phi) is 6.50. The van der Waals surface area contributed by atoms with E-state index in [0.717, 1.165) is 30.1 Å². The molecule has 0 unspecified atom stereocenters. The zero-order valence-electron chi connectivity index (χ0n) is 14.7. The van der Waals surface area contributed by atoms with E-state index in [0.29, 0.717) is 31.2 Å². The Hall–Kier alpha value is -1.64. The summed E-state index contributed by atoms with van der Waals surface area (Å²) in [6.07, 6.45) is 1.83. The fourth-order valence-electron chi connectivity index (χ4n) is 2.69. The maximum Gasteiger partial charge on any atom is 0.276 e. The van der Waals surface area contributed by atoms with E-state index in [1.165, 1.54) is 4.31 Å². The average Bonchev–Trinajstić information content (AvgIpc) is 3.34. The Morgan fingerprint density at radius 2 is 1.77 bits per heavy atom. The molecule has 6 nitrogen and oxygen atoms in total. The Labute approximate surface area is 158 Å². The van der Waals surface area contributed by atoms with Crippen molar-refractivity contribution in [1.29, 1.82) is 0 Å². The van der Waals surface area contributed by atoms with Gasteiger partial charge in [-0.3, -0.25) is 0 Å². The van der Waals surface area contributed by atoms with E-state index in [9.17, 15) is 8.42 Å². The van der Waals surface area contributed by atoms with E-state index >= 15 is 0 Å². The van der Waals surface area contributed by atoms with Gasteiger partial charge >= 0.3 is 0 Å². The van der Waals surface area contributed by atoms with Crippen LogP contribution in [0.3, 0.4) is 0 Å². The van der Waals surface area contributed by atoms with E-state index in [2.05, 4.69) is 0 Å². The van der Waals surface area contributed by atoms with Crippen molar-refractivity contribution in [2.75, 3.05) is 32.6 Å². The summed E-state index contributed by atoms with van der Waals surface area (Å²) in [7, 11) is -1.84. The van der Waals surface area contributed by atoms with Gasteiger partial charge in [0.25, 0.3) is 10.0 Å². The standard InChI is InChI=1S/C18H23NO5S2/c1-22-15-4-6-16(7-5-15)23-12-13-25-14-17-8-9-18(24-17)26(20,21)19-10-2-3-11-19/h4-9H,2-3,10-14H2,1H3. The lowest BCUT2D eigenvalue weighted by atomic mass is 10.3. The molecule has 1 aliphatic heterocycles. The summed E-state index contributed by atoms with van der Waals surface area (Å²) >= 11 is 1.64. The third-order valence-corrected chi connectivity index (χ3v) is 6.81. The molecular weight excluding hydrogens is 374 g/mol. The molecule has 0 bridgehead atoms. The SMILES string of the molecule is COc1ccc(OCCSCc2ccc(S(=O)(=O)N3CCCC3)o2)cc1. The maximum atomic E-state index is 12.4. The van der Waals surface area contributed by atoms with Gasteiger partial charge in [-0.1, -0.05) is 0 Å². The largest absolute Gasteiger partial charge is 0.497 e. The molecule has 0 spiro atoms. The average molecular weight is 398 g/mol. The number of hydrogen-bond donors (Lipinski definition) is 0. The molecule has 1 aromatic heterocycles. The summed E-state index contributed by atoms with van der Waals surface area (Å²) in [6, 6.07) is 10.7. The predicted molar refractivity (Wildman–Crippen MR) is 101 cm³/mol. The van der Waals surface area contributed by atoms with Gasteiger partial charge < -0.3 is 13.9 Å². The Balaban J connectivity index is 1.42. The van der Waals surface area contributed by atoms with Crippen molar-refractivity contribution in [2.24, 2.45) is 0 Å². The molecule has 0 radical (unpaired) electrons. The highest BCUT2D eigenvalue weighted by molar-refractivity contribution is 7.98. The molecule has 1 fully saturated rings. The molecule has 0 N–H and O–H groups in total. The number of thioether (sulfide) groups is 1. The van der Waals surface area contributed by atoms with Gasteiger partial charge in [0.1, 0.15) is 17.3 Å². The summed E-state index contributed by atoms with van der Waals surface area (Å²) in [6.45, 7) is 1.72. The van der Waals surface area contributed by atoms with E-state index in [1.54, 1.807) is 31.0 Å². The normalized spacial score (nSPS) is 15.3. The molecule has 3 rings (SSSR count). The molecule has 0 amide bonds. The smallest absolute Gasteiger partial charge is 0.276 e. The number of sulfonamides is 1. The third-order valence-electron chi connectivity index (χ3n) is 4.10. The minimum atomic E-state index is -3.47. The number of ether oxygens (including phenoxy) is 2. The molecule has 0 aliphatic carbocycles. The number of hydrogen-bond acceptors (Lipinski definition) is 6. The van der Waals surface area contributed by atoms with Gasteiger partial charge in [0.15, 0.2) is 0 Å². The van der Waals surface area contributed by atoms with E-state index in [-0.39, 0.29) is 5.09 Å². The summed E-state index contributed by atoms with van der Waals surface area (Å²) in [5.41, 5.74) is 0. The highest BCUT2D eigenvalue weighted by Gasteiger charge is 2.29. The molecular formula is C18H23NO5S2. The van der Waals surface area contributed by atoms with Crippen LogP contribution in [0.25, 0.3) is 0 Å². The molecule has 142 valence electrons. The Bertz CT molecular complexity index is 795. The zero-order chi connectivity index (χ0) is 18.4. The van der Waals surface area contributed by atoms with Gasteiger partial charge in [-0.05, 0) is 49.2 Å². The number of nitrogens with zero attached hydrogens (tertiary/aromatic N) is 1. The predicted octanol–water partition coefficient (Wildman–Crippen LogP) is 3.38. The molecule has 26 heavy (non-hydrogen) atoms. The van der Waals surface area contributed by atoms with Gasteiger partial charge in [0.05, 0.1) is 19.5 Å². The van der Waals surface area contributed by atoms with Crippen molar-refractivity contribution < 1.29 is 22.3 Å². The monoisotopic (exact) mass is 397 g/mol. The summed E-state index contributed by atoms with van der Waals surface area (Å²) in [5, 5.41) is 0.0458. The molecule has 0 saturated carbocycles. The minimum absolute atomic E-state index is 0.0458. The maximum absolute atomic E-state index is 12.4. The minimum Gasteiger partial charge on any atom is -0.497 e.